The van der Waals surface area contributed by atoms with Crippen LogP contribution in [0, 0.1) is 23.0 Å². The van der Waals surface area contributed by atoms with Gasteiger partial charge in [0, 0.05) is 35.0 Å². The van der Waals surface area contributed by atoms with Crippen molar-refractivity contribution in [3.05, 3.63) is 40.4 Å². The van der Waals surface area contributed by atoms with Gasteiger partial charge in [0.05, 0.1) is 21.4 Å². The molecule has 0 aliphatic carbocycles. The third-order valence-corrected chi connectivity index (χ3v) is 9.72. The van der Waals surface area contributed by atoms with Crippen molar-refractivity contribution in [1.29, 1.82) is 5.26 Å². The molecule has 8 nitrogen and oxygen atoms in total. The second-order valence-electron chi connectivity index (χ2n) is 11.2. The molecule has 2 aliphatic rings. The first-order chi connectivity index (χ1) is 21.2. The summed E-state index contributed by atoms with van der Waals surface area (Å²) in [6, 6.07) is 6.46. The predicted molar refractivity (Wildman–Crippen MR) is 176 cm³/mol. The van der Waals surface area contributed by atoms with Crippen molar-refractivity contribution in [3.8, 4) is 23.2 Å². The number of nitrogen functional groups attached to an aromatic ring is 1. The number of nitrogens with two attached hydrogens (primary N) is 1. The Bertz CT molecular complexity index is 1720. The Morgan fingerprint density at radius 1 is 1.27 bits per heavy atom. The summed E-state index contributed by atoms with van der Waals surface area (Å²) < 4.78 is 37.8. The largest absolute Gasteiger partial charge is 0.460 e. The molecule has 2 saturated heterocycles. The van der Waals surface area contributed by atoms with Crippen LogP contribution in [-0.4, -0.2) is 54.8 Å². The van der Waals surface area contributed by atoms with E-state index in [1.165, 1.54) is 12.1 Å². The fourth-order valence-corrected chi connectivity index (χ4v) is 7.31. The summed E-state index contributed by atoms with van der Waals surface area (Å²) in [5.41, 5.74) is 6.53. The van der Waals surface area contributed by atoms with E-state index in [2.05, 4.69) is 20.5 Å². The summed E-state index contributed by atoms with van der Waals surface area (Å²) in [5.74, 6) is -0.664. The van der Waals surface area contributed by atoms with Gasteiger partial charge in [0.15, 0.2) is 5.82 Å². The Morgan fingerprint density at radius 3 is 2.70 bits per heavy atom. The zero-order valence-electron chi connectivity index (χ0n) is 25.5. The number of hydrogen-bond donors (Lipinski definition) is 3. The van der Waals surface area contributed by atoms with Crippen molar-refractivity contribution < 1.29 is 13.5 Å². The maximum atomic E-state index is 16.7. The molecule has 2 aliphatic heterocycles. The maximum Gasteiger partial charge on any atom is 0.319 e. The van der Waals surface area contributed by atoms with Gasteiger partial charge in [-0.15, -0.1) is 11.3 Å². The molecule has 1 spiro atoms. The van der Waals surface area contributed by atoms with E-state index in [0.29, 0.717) is 11.2 Å². The first-order valence-electron chi connectivity index (χ1n) is 15.2. The molecule has 44 heavy (non-hydrogen) atoms. The number of anilines is 2. The van der Waals surface area contributed by atoms with E-state index in [1.54, 1.807) is 6.07 Å². The van der Waals surface area contributed by atoms with E-state index in [9.17, 15) is 9.65 Å². The number of hydrogen-bond acceptors (Lipinski definition) is 9. The lowest BCUT2D eigenvalue weighted by Crippen LogP contribution is -2.58. The van der Waals surface area contributed by atoms with Crippen molar-refractivity contribution in [3.63, 3.8) is 0 Å². The van der Waals surface area contributed by atoms with Gasteiger partial charge >= 0.3 is 6.01 Å². The fourth-order valence-electron chi connectivity index (χ4n) is 6.06. The van der Waals surface area contributed by atoms with Crippen LogP contribution >= 0.6 is 22.9 Å². The summed E-state index contributed by atoms with van der Waals surface area (Å²) in [5, 5.41) is 17.5. The molecular weight excluding hydrogens is 604 g/mol. The van der Waals surface area contributed by atoms with Gasteiger partial charge in [0.25, 0.3) is 0 Å². The molecule has 0 amide bonds. The number of thiophene rings is 1. The minimum absolute atomic E-state index is 0.0257. The number of nitrogens with zero attached hydrogens (tertiary/aromatic N) is 4. The first-order valence-corrected chi connectivity index (χ1v) is 16.4. The fraction of sp³-hybridized carbons (Fsp3) is 0.469. The van der Waals surface area contributed by atoms with Crippen molar-refractivity contribution in [1.82, 2.24) is 20.6 Å². The molecule has 234 valence electrons. The number of nitriles is 1. The Hall–Kier alpha value is -3.30. The van der Waals surface area contributed by atoms with Gasteiger partial charge in [0.1, 0.15) is 28.2 Å². The minimum Gasteiger partial charge on any atom is -0.460 e. The molecule has 2 atom stereocenters. The van der Waals surface area contributed by atoms with E-state index in [0.717, 1.165) is 69.6 Å². The number of aromatic nitrogens is 2. The standard InChI is InChI=1S/C30H32ClF2N7OS.C2H6/c1-16(5-3-4-10-36-2)41-29-38-25-18(28(39-29)40-12-9-30(15-40)8-11-37-30)13-20(31)23(24(25)33)17-6-7-21(32)26-22(17)19(14-34)27(35)42-26;1-2/h6-7,13,16,36-37H,3-5,8-12,15,35H2,1-2H3;1-2H3. The van der Waals surface area contributed by atoms with E-state index < -0.39 is 11.6 Å². The van der Waals surface area contributed by atoms with Gasteiger partial charge in [-0.3, -0.25) is 0 Å². The number of unbranched alkanes of at least 4 members (excludes halogenated alkanes) is 1. The lowest BCUT2D eigenvalue weighted by atomic mass is 9.87. The predicted octanol–water partition coefficient (Wildman–Crippen LogP) is 7.02. The third kappa shape index (κ3) is 5.88. The van der Waals surface area contributed by atoms with Gasteiger partial charge in [0.2, 0.25) is 0 Å². The van der Waals surface area contributed by atoms with E-state index in [1.807, 2.05) is 33.9 Å². The highest BCUT2D eigenvalue weighted by atomic mass is 35.5. The SMILES string of the molecule is CC.CNCCCCC(C)Oc1nc(N2CCC3(CCN3)C2)c2cc(Cl)c(-c3ccc(F)c4sc(N)c(C#N)c34)c(F)c2n1. The molecular formula is C32H38ClF2N7OS. The molecule has 6 rings (SSSR count). The molecule has 0 radical (unpaired) electrons. The molecule has 0 saturated carbocycles. The van der Waals surface area contributed by atoms with Gasteiger partial charge in [-0.2, -0.15) is 15.2 Å². The monoisotopic (exact) mass is 641 g/mol. The van der Waals surface area contributed by atoms with Crippen molar-refractivity contribution in [2.24, 2.45) is 0 Å². The molecule has 2 fully saturated rings. The Kier molecular flexibility index (Phi) is 9.75. The van der Waals surface area contributed by atoms with Crippen molar-refractivity contribution in [2.45, 2.75) is 64.5 Å². The number of nitrogens with one attached hydrogen (secondary N) is 2. The maximum absolute atomic E-state index is 16.7. The summed E-state index contributed by atoms with van der Waals surface area (Å²) >= 11 is 7.75. The molecule has 4 aromatic rings. The topological polar surface area (TPSA) is 112 Å². The molecule has 0 bridgehead atoms. The number of ether oxygens (including phenoxy) is 1. The molecule has 2 aromatic heterocycles. The van der Waals surface area contributed by atoms with Crippen molar-refractivity contribution in [2.75, 3.05) is 43.9 Å². The Labute approximate surface area is 265 Å². The first kappa shape index (κ1) is 32.1. The van der Waals surface area contributed by atoms with Gasteiger partial charge in [-0.05, 0) is 76.9 Å². The normalized spacial score (nSPS) is 18.3. The number of benzene rings is 2. The summed E-state index contributed by atoms with van der Waals surface area (Å²) in [4.78, 5) is 11.5. The molecule has 2 unspecified atom stereocenters. The summed E-state index contributed by atoms with van der Waals surface area (Å²) in [6.07, 6.45) is 4.62. The molecule has 4 N–H and O–H groups in total. The highest BCUT2D eigenvalue weighted by Gasteiger charge is 2.43. The van der Waals surface area contributed by atoms with Gasteiger partial charge in [-0.25, -0.2) is 8.78 Å². The van der Waals surface area contributed by atoms with E-state index in [-0.39, 0.29) is 60.0 Å². The molecule has 4 heterocycles. The lowest BCUT2D eigenvalue weighted by Gasteiger charge is -2.39. The average Bonchev–Trinajstić information content (AvgIpc) is 3.60. The summed E-state index contributed by atoms with van der Waals surface area (Å²) in [7, 11) is 1.92. The summed E-state index contributed by atoms with van der Waals surface area (Å²) in [6.45, 7) is 9.34. The zero-order chi connectivity index (χ0) is 31.6. The van der Waals surface area contributed by atoms with Crippen LogP contribution in [0.1, 0.15) is 58.4 Å². The van der Waals surface area contributed by atoms with Crippen LogP contribution < -0.4 is 26.0 Å². The lowest BCUT2D eigenvalue weighted by molar-refractivity contribution is 0.190. The highest BCUT2D eigenvalue weighted by Crippen LogP contribution is 2.46. The quantitative estimate of drug-likeness (QED) is 0.167. The average molecular weight is 642 g/mol. The number of halogens is 3. The second-order valence-corrected chi connectivity index (χ2v) is 12.6. The van der Waals surface area contributed by atoms with Crippen LogP contribution in [0.4, 0.5) is 19.6 Å². The Balaban J connectivity index is 0.00000188. The van der Waals surface area contributed by atoms with Crippen LogP contribution in [0.2, 0.25) is 5.02 Å². The number of fused-ring (bicyclic) bond motifs is 2. The van der Waals surface area contributed by atoms with Gasteiger partial charge < -0.3 is 26.0 Å². The van der Waals surface area contributed by atoms with Crippen molar-refractivity contribution >= 4 is 54.7 Å². The Morgan fingerprint density at radius 2 is 2.05 bits per heavy atom. The van der Waals surface area contributed by atoms with Crippen LogP contribution in [0.25, 0.3) is 32.1 Å². The third-order valence-electron chi connectivity index (χ3n) is 8.39. The second kappa shape index (κ2) is 13.4. The van der Waals surface area contributed by atoms with E-state index >= 15 is 4.39 Å². The molecule has 2 aromatic carbocycles. The highest BCUT2D eigenvalue weighted by molar-refractivity contribution is 7.23. The number of rotatable bonds is 9. The van der Waals surface area contributed by atoms with Crippen LogP contribution in [0.3, 0.4) is 0 Å². The molecule has 12 heteroatoms. The van der Waals surface area contributed by atoms with Crippen LogP contribution in [0.15, 0.2) is 18.2 Å². The van der Waals surface area contributed by atoms with Crippen LogP contribution in [0.5, 0.6) is 6.01 Å². The van der Waals surface area contributed by atoms with Crippen LogP contribution in [-0.2, 0) is 0 Å². The minimum atomic E-state index is -0.690. The smallest absolute Gasteiger partial charge is 0.319 e. The van der Waals surface area contributed by atoms with E-state index in [4.69, 9.17) is 27.1 Å². The van der Waals surface area contributed by atoms with Gasteiger partial charge in [-0.1, -0.05) is 31.5 Å². The zero-order valence-corrected chi connectivity index (χ0v) is 27.1.